The van der Waals surface area contributed by atoms with Gasteiger partial charge < -0.3 is 4.90 Å². The van der Waals surface area contributed by atoms with Crippen LogP contribution in [-0.2, 0) is 0 Å². The molecule has 1 heteroatoms. The molecule has 1 heterocycles. The molecule has 1 saturated carbocycles. The number of hydrogen-bond acceptors (Lipinski definition) is 1. The van der Waals surface area contributed by atoms with Crippen molar-refractivity contribution in [2.24, 2.45) is 5.92 Å². The van der Waals surface area contributed by atoms with Gasteiger partial charge in [0, 0.05) is 24.2 Å². The molecule has 1 nitrogen and oxygen atoms in total. The molecule has 0 N–H and O–H groups in total. The van der Waals surface area contributed by atoms with Crippen molar-refractivity contribution in [2.75, 3.05) is 7.05 Å². The molecular weight excluding hydrogens is 194 g/mol. The summed E-state index contributed by atoms with van der Waals surface area (Å²) in [7, 11) is 2.32. The van der Waals surface area contributed by atoms with E-state index < -0.39 is 0 Å². The Labute approximate surface area is 99.2 Å². The average Bonchev–Trinajstić information content (AvgIpc) is 2.49. The van der Waals surface area contributed by atoms with Gasteiger partial charge in [-0.2, -0.15) is 0 Å². The fraction of sp³-hybridized carbons (Fsp3) is 0.733. The highest BCUT2D eigenvalue weighted by Crippen LogP contribution is 2.51. The molecule has 2 unspecified atom stereocenters. The predicted molar refractivity (Wildman–Crippen MR) is 68.1 cm³/mol. The van der Waals surface area contributed by atoms with E-state index in [1.807, 2.05) is 0 Å². The second-order valence-corrected chi connectivity index (χ2v) is 5.92. The Kier molecular flexibility index (Phi) is 2.38. The molecule has 0 aromatic rings. The lowest BCUT2D eigenvalue weighted by molar-refractivity contribution is 0.111. The minimum atomic E-state index is 0.435. The molecule has 0 spiro atoms. The average molecular weight is 217 g/mol. The Hall–Kier alpha value is -0.720. The fourth-order valence-electron chi connectivity index (χ4n) is 4.06. The summed E-state index contributed by atoms with van der Waals surface area (Å²) < 4.78 is 0. The minimum Gasteiger partial charge on any atom is -0.369 e. The summed E-state index contributed by atoms with van der Waals surface area (Å²) in [4.78, 5) is 2.59. The van der Waals surface area contributed by atoms with Crippen LogP contribution in [0.1, 0.15) is 51.9 Å². The van der Waals surface area contributed by atoms with E-state index in [0.717, 1.165) is 5.92 Å². The lowest BCUT2D eigenvalue weighted by Crippen LogP contribution is -2.46. The molecule has 0 aromatic carbocycles. The largest absolute Gasteiger partial charge is 0.369 e. The maximum Gasteiger partial charge on any atom is 0.0436 e. The highest BCUT2D eigenvalue weighted by Gasteiger charge is 2.47. The van der Waals surface area contributed by atoms with Crippen molar-refractivity contribution in [1.29, 1.82) is 0 Å². The van der Waals surface area contributed by atoms with Gasteiger partial charge in [-0.15, -0.1) is 0 Å². The second kappa shape index (κ2) is 3.65. The first-order chi connectivity index (χ1) is 7.73. The molecule has 0 radical (unpaired) electrons. The maximum absolute atomic E-state index is 2.59. The number of likely N-dealkylation sites (N-methyl/N-ethyl adjacent to an activating group) is 1. The molecule has 88 valence electrons. The van der Waals surface area contributed by atoms with Crippen LogP contribution in [0.5, 0.6) is 0 Å². The molecule has 2 atom stereocenters. The second-order valence-electron chi connectivity index (χ2n) is 5.92. The topological polar surface area (TPSA) is 3.24 Å². The fourth-order valence-corrected chi connectivity index (χ4v) is 4.06. The van der Waals surface area contributed by atoms with Gasteiger partial charge in [-0.25, -0.2) is 0 Å². The molecule has 16 heavy (non-hydrogen) atoms. The van der Waals surface area contributed by atoms with Crippen molar-refractivity contribution in [3.05, 3.63) is 23.4 Å². The number of hydrogen-bond donors (Lipinski definition) is 0. The summed E-state index contributed by atoms with van der Waals surface area (Å²) in [5.41, 5.74) is 3.77. The Morgan fingerprint density at radius 2 is 2.19 bits per heavy atom. The van der Waals surface area contributed by atoms with Gasteiger partial charge in [0.05, 0.1) is 0 Å². The zero-order valence-electron chi connectivity index (χ0n) is 10.6. The first kappa shape index (κ1) is 10.4. The van der Waals surface area contributed by atoms with Crippen molar-refractivity contribution in [2.45, 2.75) is 57.4 Å². The van der Waals surface area contributed by atoms with E-state index in [-0.39, 0.29) is 0 Å². The van der Waals surface area contributed by atoms with Gasteiger partial charge in [0.15, 0.2) is 0 Å². The summed E-state index contributed by atoms with van der Waals surface area (Å²) in [6.07, 6.45) is 14.4. The summed E-state index contributed by atoms with van der Waals surface area (Å²) in [5.74, 6) is 0.851. The van der Waals surface area contributed by atoms with Gasteiger partial charge >= 0.3 is 0 Å². The summed E-state index contributed by atoms with van der Waals surface area (Å²) >= 11 is 0. The van der Waals surface area contributed by atoms with Crippen molar-refractivity contribution in [3.63, 3.8) is 0 Å². The molecular formula is C15H23N. The van der Waals surface area contributed by atoms with Crippen molar-refractivity contribution in [3.8, 4) is 0 Å². The Morgan fingerprint density at radius 3 is 3.06 bits per heavy atom. The number of fused-ring (bicyclic) bond motifs is 2. The lowest BCUT2D eigenvalue weighted by Gasteiger charge is -2.43. The maximum atomic E-state index is 2.59. The summed E-state index contributed by atoms with van der Waals surface area (Å²) in [6, 6.07) is 0. The Morgan fingerprint density at radius 1 is 1.31 bits per heavy atom. The van der Waals surface area contributed by atoms with Gasteiger partial charge in [-0.1, -0.05) is 18.9 Å². The minimum absolute atomic E-state index is 0.435. The van der Waals surface area contributed by atoms with Crippen LogP contribution in [0.4, 0.5) is 0 Å². The van der Waals surface area contributed by atoms with Crippen molar-refractivity contribution < 1.29 is 0 Å². The van der Waals surface area contributed by atoms with Crippen LogP contribution in [-0.4, -0.2) is 17.5 Å². The zero-order valence-corrected chi connectivity index (χ0v) is 10.6. The van der Waals surface area contributed by atoms with Crippen LogP contribution in [0, 0.1) is 5.92 Å². The molecule has 3 aliphatic rings. The molecule has 0 aromatic heterocycles. The van der Waals surface area contributed by atoms with Crippen LogP contribution in [0.15, 0.2) is 23.4 Å². The van der Waals surface area contributed by atoms with Gasteiger partial charge in [0.1, 0.15) is 0 Å². The third-order valence-corrected chi connectivity index (χ3v) is 5.15. The van der Waals surface area contributed by atoms with Crippen molar-refractivity contribution in [1.82, 2.24) is 4.90 Å². The van der Waals surface area contributed by atoms with Crippen LogP contribution in [0.25, 0.3) is 0 Å². The molecule has 0 saturated heterocycles. The highest BCUT2D eigenvalue weighted by atomic mass is 15.2. The molecule has 1 aliphatic heterocycles. The monoisotopic (exact) mass is 217 g/mol. The number of rotatable bonds is 0. The van der Waals surface area contributed by atoms with E-state index >= 15 is 0 Å². The molecule has 1 fully saturated rings. The van der Waals surface area contributed by atoms with E-state index in [2.05, 4.69) is 31.0 Å². The van der Waals surface area contributed by atoms with Gasteiger partial charge in [0.25, 0.3) is 0 Å². The molecule has 2 aliphatic carbocycles. The molecule has 0 bridgehead atoms. The lowest BCUT2D eigenvalue weighted by atomic mass is 9.71. The first-order valence-electron chi connectivity index (χ1n) is 6.87. The van der Waals surface area contributed by atoms with E-state index in [0.29, 0.717) is 5.54 Å². The molecule has 3 rings (SSSR count). The normalized spacial score (nSPS) is 38.4. The summed E-state index contributed by atoms with van der Waals surface area (Å²) in [5, 5.41) is 0. The standard InChI is InChI=1S/C15H23N/c1-15-11-7-6-9-13(15)12-8-4-3-5-10-14(12)16(15)2/h5,10,13H,3-4,6-9,11H2,1-2H3. The van der Waals surface area contributed by atoms with Crippen LogP contribution < -0.4 is 0 Å². The van der Waals surface area contributed by atoms with Crippen molar-refractivity contribution >= 4 is 0 Å². The number of nitrogens with zero attached hydrogens (tertiary/aromatic N) is 1. The Balaban J connectivity index is 2.02. The van der Waals surface area contributed by atoms with Gasteiger partial charge in [-0.05, 0) is 50.7 Å². The zero-order chi connectivity index (χ0) is 11.2. The third-order valence-electron chi connectivity index (χ3n) is 5.15. The third kappa shape index (κ3) is 1.30. The van der Waals surface area contributed by atoms with E-state index in [1.165, 1.54) is 44.9 Å². The smallest absolute Gasteiger partial charge is 0.0436 e. The Bertz CT molecular complexity index is 352. The van der Waals surface area contributed by atoms with Crippen LogP contribution >= 0.6 is 0 Å². The molecule has 0 amide bonds. The van der Waals surface area contributed by atoms with E-state index in [4.69, 9.17) is 0 Å². The van der Waals surface area contributed by atoms with E-state index in [9.17, 15) is 0 Å². The number of allylic oxidation sites excluding steroid dienone is 2. The van der Waals surface area contributed by atoms with Gasteiger partial charge in [-0.3, -0.25) is 0 Å². The van der Waals surface area contributed by atoms with Crippen LogP contribution in [0.3, 0.4) is 0 Å². The quantitative estimate of drug-likeness (QED) is 0.595. The SMILES string of the molecule is CN1C2=C(CCCC=C2)C2CCCCC21C. The van der Waals surface area contributed by atoms with Gasteiger partial charge in [0.2, 0.25) is 0 Å². The highest BCUT2D eigenvalue weighted by molar-refractivity contribution is 5.37. The van der Waals surface area contributed by atoms with E-state index in [1.54, 1.807) is 11.3 Å². The predicted octanol–water partition coefficient (Wildman–Crippen LogP) is 3.87. The first-order valence-corrected chi connectivity index (χ1v) is 6.87. The summed E-state index contributed by atoms with van der Waals surface area (Å²) in [6.45, 7) is 2.49. The van der Waals surface area contributed by atoms with Crippen LogP contribution in [0.2, 0.25) is 0 Å².